The number of aryl methyl sites for hydroxylation is 1. The third kappa shape index (κ3) is 2.75. The predicted octanol–water partition coefficient (Wildman–Crippen LogP) is 1.11. The number of carboxylic acids is 1. The van der Waals surface area contributed by atoms with Crippen LogP contribution in [0, 0.1) is 0 Å². The van der Waals surface area contributed by atoms with Gasteiger partial charge in [-0.1, -0.05) is 0 Å². The number of nitrogens with one attached hydrogen (secondary N) is 1. The van der Waals surface area contributed by atoms with E-state index < -0.39 is 5.97 Å². The topological polar surface area (TPSA) is 84.2 Å². The minimum atomic E-state index is -1.02. The molecule has 0 aliphatic carbocycles. The molecule has 0 unspecified atom stereocenters. The molecule has 0 aliphatic heterocycles. The molecular weight excluding hydrogens is 254 g/mol. The molecule has 0 atom stereocenters. The zero-order chi connectivity index (χ0) is 13.1. The van der Waals surface area contributed by atoms with E-state index in [9.17, 15) is 9.59 Å². The zero-order valence-corrected chi connectivity index (χ0v) is 10.4. The standard InChI is InChI=1S/C11H11N3O3S/c1-14-6-7(5-13-14)4-12-10(15)8-2-3-9(18-8)11(16)17/h2-3,5-6H,4H2,1H3,(H,12,15)(H,16,17). The molecule has 2 heterocycles. The van der Waals surface area contributed by atoms with Gasteiger partial charge in [-0.3, -0.25) is 9.48 Å². The molecule has 0 fully saturated rings. The van der Waals surface area contributed by atoms with Gasteiger partial charge >= 0.3 is 5.97 Å². The fraction of sp³-hybridized carbons (Fsp3) is 0.182. The fourth-order valence-electron chi connectivity index (χ4n) is 1.41. The van der Waals surface area contributed by atoms with Crippen molar-refractivity contribution < 1.29 is 14.7 Å². The second-order valence-corrected chi connectivity index (χ2v) is 4.76. The number of aromatic nitrogens is 2. The smallest absolute Gasteiger partial charge is 0.345 e. The first-order valence-corrected chi connectivity index (χ1v) is 5.97. The van der Waals surface area contributed by atoms with Crippen LogP contribution >= 0.6 is 11.3 Å². The third-order valence-corrected chi connectivity index (χ3v) is 3.32. The number of carbonyl (C=O) groups is 2. The number of nitrogens with zero attached hydrogens (tertiary/aromatic N) is 2. The second-order valence-electron chi connectivity index (χ2n) is 3.67. The zero-order valence-electron chi connectivity index (χ0n) is 9.58. The van der Waals surface area contributed by atoms with Crippen LogP contribution in [0.1, 0.15) is 24.9 Å². The maximum absolute atomic E-state index is 11.7. The van der Waals surface area contributed by atoms with Crippen molar-refractivity contribution in [1.82, 2.24) is 15.1 Å². The summed E-state index contributed by atoms with van der Waals surface area (Å²) in [4.78, 5) is 23.0. The van der Waals surface area contributed by atoms with E-state index in [2.05, 4.69) is 10.4 Å². The molecule has 0 bridgehead atoms. The van der Waals surface area contributed by atoms with Gasteiger partial charge < -0.3 is 10.4 Å². The largest absolute Gasteiger partial charge is 0.477 e. The normalized spacial score (nSPS) is 10.3. The predicted molar refractivity (Wildman–Crippen MR) is 65.7 cm³/mol. The molecule has 6 nitrogen and oxygen atoms in total. The summed E-state index contributed by atoms with van der Waals surface area (Å²) < 4.78 is 1.65. The summed E-state index contributed by atoms with van der Waals surface area (Å²) in [6, 6.07) is 2.93. The highest BCUT2D eigenvalue weighted by molar-refractivity contribution is 7.15. The summed E-state index contributed by atoms with van der Waals surface area (Å²) >= 11 is 0.957. The lowest BCUT2D eigenvalue weighted by Crippen LogP contribution is -2.21. The van der Waals surface area contributed by atoms with Crippen molar-refractivity contribution in [3.8, 4) is 0 Å². The van der Waals surface area contributed by atoms with Crippen LogP contribution in [0.3, 0.4) is 0 Å². The Hall–Kier alpha value is -2.15. The van der Waals surface area contributed by atoms with Crippen LogP contribution in [-0.2, 0) is 13.6 Å². The molecule has 0 aliphatic rings. The molecule has 2 aromatic heterocycles. The Kier molecular flexibility index (Phi) is 3.42. The van der Waals surface area contributed by atoms with Crippen molar-refractivity contribution in [2.75, 3.05) is 0 Å². The summed E-state index contributed by atoms with van der Waals surface area (Å²) in [7, 11) is 1.80. The molecule has 0 spiro atoms. The second kappa shape index (κ2) is 5.01. The van der Waals surface area contributed by atoms with Crippen molar-refractivity contribution in [3.63, 3.8) is 0 Å². The van der Waals surface area contributed by atoms with Gasteiger partial charge in [-0.15, -0.1) is 11.3 Å². The molecule has 0 saturated heterocycles. The SMILES string of the molecule is Cn1cc(CNC(=O)c2ccc(C(=O)O)s2)cn1. The van der Waals surface area contributed by atoms with Gasteiger partial charge in [0.05, 0.1) is 11.1 Å². The highest BCUT2D eigenvalue weighted by Crippen LogP contribution is 2.16. The Balaban J connectivity index is 1.97. The van der Waals surface area contributed by atoms with E-state index in [4.69, 9.17) is 5.11 Å². The van der Waals surface area contributed by atoms with Crippen LogP contribution in [0.15, 0.2) is 24.5 Å². The Bertz CT molecular complexity index is 588. The van der Waals surface area contributed by atoms with Gasteiger partial charge in [0.15, 0.2) is 0 Å². The van der Waals surface area contributed by atoms with E-state index >= 15 is 0 Å². The van der Waals surface area contributed by atoms with Crippen molar-refractivity contribution in [1.29, 1.82) is 0 Å². The lowest BCUT2D eigenvalue weighted by molar-refractivity contribution is 0.0702. The summed E-state index contributed by atoms with van der Waals surface area (Å²) in [5.74, 6) is -1.30. The summed E-state index contributed by atoms with van der Waals surface area (Å²) in [6.45, 7) is 0.368. The molecule has 7 heteroatoms. The van der Waals surface area contributed by atoms with E-state index in [1.807, 2.05) is 0 Å². The quantitative estimate of drug-likeness (QED) is 0.867. The van der Waals surface area contributed by atoms with Gasteiger partial charge in [0.1, 0.15) is 4.88 Å². The molecule has 0 radical (unpaired) electrons. The molecule has 2 aromatic rings. The maximum atomic E-state index is 11.7. The van der Waals surface area contributed by atoms with Crippen LogP contribution in [0.5, 0.6) is 0 Å². The van der Waals surface area contributed by atoms with Gasteiger partial charge in [0.2, 0.25) is 0 Å². The van der Waals surface area contributed by atoms with Crippen molar-refractivity contribution in [3.05, 3.63) is 39.8 Å². The minimum absolute atomic E-state index is 0.154. The third-order valence-electron chi connectivity index (χ3n) is 2.25. The average Bonchev–Trinajstić information content (AvgIpc) is 2.94. The van der Waals surface area contributed by atoms with Gasteiger partial charge in [-0.25, -0.2) is 4.79 Å². The number of hydrogen-bond donors (Lipinski definition) is 2. The van der Waals surface area contributed by atoms with Crippen LogP contribution < -0.4 is 5.32 Å². The van der Waals surface area contributed by atoms with E-state index in [0.29, 0.717) is 11.4 Å². The van der Waals surface area contributed by atoms with E-state index in [1.165, 1.54) is 12.1 Å². The number of aromatic carboxylic acids is 1. The van der Waals surface area contributed by atoms with Crippen LogP contribution in [0.2, 0.25) is 0 Å². The molecule has 94 valence electrons. The van der Waals surface area contributed by atoms with E-state index in [0.717, 1.165) is 16.9 Å². The number of hydrogen-bond acceptors (Lipinski definition) is 4. The van der Waals surface area contributed by atoms with E-state index in [-0.39, 0.29) is 10.8 Å². The van der Waals surface area contributed by atoms with Crippen LogP contribution in [0.25, 0.3) is 0 Å². The fourth-order valence-corrected chi connectivity index (χ4v) is 2.17. The number of carbonyl (C=O) groups excluding carboxylic acids is 1. The Morgan fingerprint density at radius 1 is 1.44 bits per heavy atom. The molecule has 0 saturated carbocycles. The van der Waals surface area contributed by atoms with E-state index in [1.54, 1.807) is 24.1 Å². The molecular formula is C11H11N3O3S. The average molecular weight is 265 g/mol. The Morgan fingerprint density at radius 2 is 2.17 bits per heavy atom. The Morgan fingerprint density at radius 3 is 2.72 bits per heavy atom. The number of rotatable bonds is 4. The van der Waals surface area contributed by atoms with Crippen molar-refractivity contribution in [2.45, 2.75) is 6.54 Å². The molecule has 1 amide bonds. The Labute approximate surface area is 107 Å². The maximum Gasteiger partial charge on any atom is 0.345 e. The first-order valence-electron chi connectivity index (χ1n) is 5.15. The number of thiophene rings is 1. The van der Waals surface area contributed by atoms with Crippen LogP contribution in [-0.4, -0.2) is 26.8 Å². The lowest BCUT2D eigenvalue weighted by Gasteiger charge is -2.00. The highest BCUT2D eigenvalue weighted by Gasteiger charge is 2.12. The van der Waals surface area contributed by atoms with Crippen molar-refractivity contribution in [2.24, 2.45) is 7.05 Å². The minimum Gasteiger partial charge on any atom is -0.477 e. The number of amides is 1. The van der Waals surface area contributed by atoms with Crippen LogP contribution in [0.4, 0.5) is 0 Å². The number of carboxylic acid groups (broad SMARTS) is 1. The summed E-state index contributed by atoms with van der Waals surface area (Å²) in [5.41, 5.74) is 0.890. The molecule has 0 aromatic carbocycles. The molecule has 18 heavy (non-hydrogen) atoms. The first kappa shape index (κ1) is 12.3. The molecule has 2 N–H and O–H groups in total. The van der Waals surface area contributed by atoms with Gasteiger partial charge in [0.25, 0.3) is 5.91 Å². The molecule has 2 rings (SSSR count). The monoisotopic (exact) mass is 265 g/mol. The van der Waals surface area contributed by atoms with Gasteiger partial charge in [-0.05, 0) is 12.1 Å². The van der Waals surface area contributed by atoms with Gasteiger partial charge in [0, 0.05) is 25.4 Å². The summed E-state index contributed by atoms with van der Waals surface area (Å²) in [5, 5.41) is 15.4. The highest BCUT2D eigenvalue weighted by atomic mass is 32.1. The first-order chi connectivity index (χ1) is 8.56. The van der Waals surface area contributed by atoms with Crippen molar-refractivity contribution >= 4 is 23.2 Å². The van der Waals surface area contributed by atoms with Gasteiger partial charge in [-0.2, -0.15) is 5.10 Å². The summed E-state index contributed by atoms with van der Waals surface area (Å²) in [6.07, 6.45) is 3.47. The lowest BCUT2D eigenvalue weighted by atomic mass is 10.3.